The van der Waals surface area contributed by atoms with Crippen molar-refractivity contribution in [2.24, 2.45) is 0 Å². The summed E-state index contributed by atoms with van der Waals surface area (Å²) in [5, 5.41) is 4.34. The summed E-state index contributed by atoms with van der Waals surface area (Å²) in [4.78, 5) is 14.0. The predicted octanol–water partition coefficient (Wildman–Crippen LogP) is 2.63. The van der Waals surface area contributed by atoms with E-state index in [1.165, 1.54) is 5.69 Å². The average molecular weight is 449 g/mol. The standard InChI is InChI=1S/C24H28N6OS/c32-24-27-22(20-7-2-4-10-26-20)23(30(24)13-12-28-14-16-31-17-15-28)21-8-5-11-29(21)18-19-6-1-3-9-25-19/h1-11,22-23H,12-18H2,(H,27,32)/t22-,23+/m1/s1. The number of morpholine rings is 1. The Morgan fingerprint density at radius 2 is 1.78 bits per heavy atom. The number of ether oxygens (including phenoxy) is 1. The van der Waals surface area contributed by atoms with Crippen molar-refractivity contribution in [2.75, 3.05) is 39.4 Å². The van der Waals surface area contributed by atoms with Crippen molar-refractivity contribution < 1.29 is 4.74 Å². The monoisotopic (exact) mass is 448 g/mol. The minimum Gasteiger partial charge on any atom is -0.379 e. The molecule has 0 spiro atoms. The van der Waals surface area contributed by atoms with Crippen LogP contribution in [-0.2, 0) is 11.3 Å². The second-order valence-corrected chi connectivity index (χ2v) is 8.54. The molecule has 0 radical (unpaired) electrons. The summed E-state index contributed by atoms with van der Waals surface area (Å²) in [6.45, 7) is 6.08. The first kappa shape index (κ1) is 21.1. The van der Waals surface area contributed by atoms with Gasteiger partial charge in [-0.2, -0.15) is 0 Å². The highest BCUT2D eigenvalue weighted by atomic mass is 32.1. The molecule has 2 aliphatic heterocycles. The van der Waals surface area contributed by atoms with Gasteiger partial charge < -0.3 is 19.5 Å². The van der Waals surface area contributed by atoms with E-state index in [2.05, 4.69) is 60.1 Å². The quantitative estimate of drug-likeness (QED) is 0.558. The van der Waals surface area contributed by atoms with E-state index in [1.54, 1.807) is 0 Å². The maximum absolute atomic E-state index is 5.83. The second-order valence-electron chi connectivity index (χ2n) is 8.16. The van der Waals surface area contributed by atoms with Crippen LogP contribution in [0.5, 0.6) is 0 Å². The number of hydrogen-bond acceptors (Lipinski definition) is 5. The Kier molecular flexibility index (Phi) is 6.43. The van der Waals surface area contributed by atoms with Crippen LogP contribution in [0.25, 0.3) is 0 Å². The highest BCUT2D eigenvalue weighted by Gasteiger charge is 2.41. The van der Waals surface area contributed by atoms with E-state index in [0.717, 1.165) is 62.4 Å². The second kappa shape index (κ2) is 9.77. The van der Waals surface area contributed by atoms with Crippen LogP contribution >= 0.6 is 12.2 Å². The van der Waals surface area contributed by atoms with Crippen LogP contribution in [-0.4, -0.2) is 68.8 Å². The molecule has 2 aliphatic rings. The molecule has 1 N–H and O–H groups in total. The maximum atomic E-state index is 5.83. The highest BCUT2D eigenvalue weighted by molar-refractivity contribution is 7.80. The number of hydrogen-bond donors (Lipinski definition) is 1. The number of nitrogens with zero attached hydrogens (tertiary/aromatic N) is 5. The lowest BCUT2D eigenvalue weighted by molar-refractivity contribution is 0.0349. The van der Waals surface area contributed by atoms with E-state index < -0.39 is 0 Å². The summed E-state index contributed by atoms with van der Waals surface area (Å²) in [5.41, 5.74) is 3.24. The molecule has 0 amide bonds. The van der Waals surface area contributed by atoms with Gasteiger partial charge in [-0.25, -0.2) is 0 Å². The Bertz CT molecular complexity index is 1020. The van der Waals surface area contributed by atoms with Gasteiger partial charge in [0.25, 0.3) is 0 Å². The molecule has 2 fully saturated rings. The van der Waals surface area contributed by atoms with Gasteiger partial charge in [-0.15, -0.1) is 0 Å². The Morgan fingerprint density at radius 3 is 2.53 bits per heavy atom. The molecule has 8 heteroatoms. The third-order valence-corrected chi connectivity index (χ3v) is 6.54. The first-order valence-electron chi connectivity index (χ1n) is 11.1. The molecule has 0 unspecified atom stereocenters. The summed E-state index contributed by atoms with van der Waals surface area (Å²) in [6.07, 6.45) is 5.82. The van der Waals surface area contributed by atoms with Crippen LogP contribution in [0.1, 0.15) is 29.2 Å². The summed E-state index contributed by atoms with van der Waals surface area (Å²) >= 11 is 5.83. The number of thiocarbonyl (C=S) groups is 1. The van der Waals surface area contributed by atoms with Gasteiger partial charge >= 0.3 is 0 Å². The van der Waals surface area contributed by atoms with E-state index in [0.29, 0.717) is 0 Å². The Morgan fingerprint density at radius 1 is 0.969 bits per heavy atom. The van der Waals surface area contributed by atoms with Crippen molar-refractivity contribution in [1.82, 2.24) is 29.7 Å². The molecule has 0 aromatic carbocycles. The maximum Gasteiger partial charge on any atom is 0.170 e. The van der Waals surface area contributed by atoms with Gasteiger partial charge in [0.05, 0.1) is 43.2 Å². The summed E-state index contributed by atoms with van der Waals surface area (Å²) in [7, 11) is 0. The van der Waals surface area contributed by atoms with E-state index in [1.807, 2.05) is 36.7 Å². The topological polar surface area (TPSA) is 58.5 Å². The van der Waals surface area contributed by atoms with Gasteiger partial charge in [0.1, 0.15) is 0 Å². The summed E-state index contributed by atoms with van der Waals surface area (Å²) in [6, 6.07) is 16.4. The fourth-order valence-electron chi connectivity index (χ4n) is 4.55. The minimum atomic E-state index is -0.00854. The van der Waals surface area contributed by atoms with Gasteiger partial charge in [0.2, 0.25) is 0 Å². The number of aromatic nitrogens is 3. The molecular weight excluding hydrogens is 420 g/mol. The van der Waals surface area contributed by atoms with Crippen LogP contribution in [0.4, 0.5) is 0 Å². The summed E-state index contributed by atoms with van der Waals surface area (Å²) < 4.78 is 7.79. The molecule has 5 rings (SSSR count). The molecule has 7 nitrogen and oxygen atoms in total. The molecule has 0 bridgehead atoms. The van der Waals surface area contributed by atoms with Gasteiger partial charge in [0.15, 0.2) is 5.11 Å². The summed E-state index contributed by atoms with van der Waals surface area (Å²) in [5.74, 6) is 0. The van der Waals surface area contributed by atoms with Crippen molar-refractivity contribution >= 4 is 17.3 Å². The predicted molar refractivity (Wildman–Crippen MR) is 127 cm³/mol. The smallest absolute Gasteiger partial charge is 0.170 e. The van der Waals surface area contributed by atoms with Crippen LogP contribution in [0, 0.1) is 0 Å². The first-order valence-corrected chi connectivity index (χ1v) is 11.5. The number of rotatable bonds is 7. The van der Waals surface area contributed by atoms with E-state index >= 15 is 0 Å². The fourth-order valence-corrected chi connectivity index (χ4v) is 4.88. The molecule has 5 heterocycles. The Hall–Kier alpha value is -2.81. The zero-order valence-corrected chi connectivity index (χ0v) is 18.8. The molecular formula is C24H28N6OS. The Labute approximate surface area is 194 Å². The first-order chi connectivity index (χ1) is 15.8. The van der Waals surface area contributed by atoms with E-state index in [9.17, 15) is 0 Å². The average Bonchev–Trinajstić information content (AvgIpc) is 3.43. The number of pyridine rings is 2. The van der Waals surface area contributed by atoms with Gasteiger partial charge in [-0.05, 0) is 48.6 Å². The van der Waals surface area contributed by atoms with Gasteiger partial charge in [0, 0.05) is 50.5 Å². The SMILES string of the molecule is S=C1N[C@H](c2ccccn2)[C@H](c2cccn2Cc2ccccn2)N1CCN1CCOCC1. The molecule has 2 atom stereocenters. The van der Waals surface area contributed by atoms with Crippen molar-refractivity contribution in [3.8, 4) is 0 Å². The highest BCUT2D eigenvalue weighted by Crippen LogP contribution is 2.38. The molecule has 32 heavy (non-hydrogen) atoms. The lowest BCUT2D eigenvalue weighted by Crippen LogP contribution is -2.42. The van der Waals surface area contributed by atoms with Crippen molar-refractivity contribution in [2.45, 2.75) is 18.6 Å². The molecule has 2 saturated heterocycles. The third-order valence-electron chi connectivity index (χ3n) is 6.18. The lowest BCUT2D eigenvalue weighted by atomic mass is 10.0. The van der Waals surface area contributed by atoms with Gasteiger partial charge in [-0.1, -0.05) is 12.1 Å². The van der Waals surface area contributed by atoms with Crippen LogP contribution < -0.4 is 5.32 Å². The van der Waals surface area contributed by atoms with Crippen molar-refractivity contribution in [3.63, 3.8) is 0 Å². The minimum absolute atomic E-state index is 0.00854. The molecule has 0 aliphatic carbocycles. The van der Waals surface area contributed by atoms with Gasteiger partial charge in [-0.3, -0.25) is 14.9 Å². The largest absolute Gasteiger partial charge is 0.379 e. The zero-order chi connectivity index (χ0) is 21.8. The molecule has 3 aromatic rings. The lowest BCUT2D eigenvalue weighted by Gasteiger charge is -2.32. The molecule has 3 aromatic heterocycles. The van der Waals surface area contributed by atoms with Crippen molar-refractivity contribution in [1.29, 1.82) is 0 Å². The normalized spacial score (nSPS) is 21.6. The molecule has 166 valence electrons. The van der Waals surface area contributed by atoms with Crippen molar-refractivity contribution in [3.05, 3.63) is 84.2 Å². The molecule has 0 saturated carbocycles. The van der Waals surface area contributed by atoms with E-state index in [-0.39, 0.29) is 12.1 Å². The van der Waals surface area contributed by atoms with E-state index in [4.69, 9.17) is 17.0 Å². The zero-order valence-electron chi connectivity index (χ0n) is 18.0. The van der Waals surface area contributed by atoms with Crippen LogP contribution in [0.15, 0.2) is 67.1 Å². The third kappa shape index (κ3) is 4.53. The van der Waals surface area contributed by atoms with Crippen LogP contribution in [0.3, 0.4) is 0 Å². The number of nitrogens with one attached hydrogen (secondary N) is 1. The Balaban J connectivity index is 1.44. The fraction of sp³-hybridized carbons (Fsp3) is 0.375. The van der Waals surface area contributed by atoms with Crippen LogP contribution in [0.2, 0.25) is 0 Å².